The quantitative estimate of drug-likeness (QED) is 0.202. The van der Waals surface area contributed by atoms with Gasteiger partial charge in [-0.1, -0.05) is 63.1 Å². The Morgan fingerprint density at radius 1 is 0.744 bits per heavy atom. The largest absolute Gasteiger partial charge is 0.493 e. The molecule has 0 bridgehead atoms. The molecule has 39 heavy (non-hydrogen) atoms. The Hall–Kier alpha value is -2.79. The Morgan fingerprint density at radius 2 is 1.46 bits per heavy atom. The molecule has 5 heteroatoms. The summed E-state index contributed by atoms with van der Waals surface area (Å²) in [6.07, 6.45) is 8.80. The van der Waals surface area contributed by atoms with Gasteiger partial charge in [0.05, 0.1) is 12.7 Å². The zero-order chi connectivity index (χ0) is 27.6. The first kappa shape index (κ1) is 29.2. The number of ether oxygens (including phenoxy) is 2. The Kier molecular flexibility index (Phi) is 10.9. The van der Waals surface area contributed by atoms with Crippen LogP contribution in [-0.4, -0.2) is 19.3 Å². The summed E-state index contributed by atoms with van der Waals surface area (Å²) >= 11 is 0. The van der Waals surface area contributed by atoms with Crippen LogP contribution in [0.2, 0.25) is 0 Å². The van der Waals surface area contributed by atoms with E-state index in [1.807, 2.05) is 24.3 Å². The second-order valence-electron chi connectivity index (χ2n) is 10.7. The lowest BCUT2D eigenvalue weighted by atomic mass is 9.82. The van der Waals surface area contributed by atoms with Crippen LogP contribution in [0.4, 0.5) is 13.2 Å². The number of aryl methyl sites for hydroxylation is 2. The van der Waals surface area contributed by atoms with Gasteiger partial charge in [0.1, 0.15) is 11.6 Å². The molecule has 0 spiro atoms. The molecule has 0 aromatic heterocycles. The fourth-order valence-corrected chi connectivity index (χ4v) is 5.33. The number of rotatable bonds is 13. The van der Waals surface area contributed by atoms with Gasteiger partial charge in [-0.3, -0.25) is 0 Å². The van der Waals surface area contributed by atoms with Crippen molar-refractivity contribution in [3.05, 3.63) is 88.7 Å². The first-order valence-electron chi connectivity index (χ1n) is 14.6. The van der Waals surface area contributed by atoms with Crippen molar-refractivity contribution in [1.29, 1.82) is 0 Å². The van der Waals surface area contributed by atoms with Gasteiger partial charge in [0.25, 0.3) is 0 Å². The molecule has 2 nitrogen and oxygen atoms in total. The summed E-state index contributed by atoms with van der Waals surface area (Å²) in [5.74, 6) is -1.17. The first-order chi connectivity index (χ1) is 19.0. The molecule has 0 aliphatic heterocycles. The number of benzene rings is 3. The summed E-state index contributed by atoms with van der Waals surface area (Å²) in [7, 11) is 0. The molecule has 0 N–H and O–H groups in total. The zero-order valence-corrected chi connectivity index (χ0v) is 23.3. The van der Waals surface area contributed by atoms with E-state index in [4.69, 9.17) is 9.47 Å². The van der Waals surface area contributed by atoms with Gasteiger partial charge in [0.15, 0.2) is 11.6 Å². The molecule has 1 aliphatic rings. The van der Waals surface area contributed by atoms with E-state index in [2.05, 4.69) is 13.8 Å². The van der Waals surface area contributed by atoms with Gasteiger partial charge in [-0.2, -0.15) is 0 Å². The molecule has 1 saturated carbocycles. The van der Waals surface area contributed by atoms with Gasteiger partial charge in [0, 0.05) is 18.2 Å². The Bertz CT molecular complexity index is 1180. The summed E-state index contributed by atoms with van der Waals surface area (Å²) in [4.78, 5) is 0. The molecular weight excluding hydrogens is 497 g/mol. The zero-order valence-electron chi connectivity index (χ0n) is 23.3. The minimum absolute atomic E-state index is 0.0458. The van der Waals surface area contributed by atoms with Crippen LogP contribution in [-0.2, 0) is 17.6 Å². The molecule has 4 rings (SSSR count). The third-order valence-electron chi connectivity index (χ3n) is 7.81. The lowest BCUT2D eigenvalue weighted by molar-refractivity contribution is 0.0230. The monoisotopic (exact) mass is 538 g/mol. The number of hydrogen-bond acceptors (Lipinski definition) is 2. The van der Waals surface area contributed by atoms with Crippen molar-refractivity contribution >= 4 is 0 Å². The van der Waals surface area contributed by atoms with E-state index >= 15 is 8.78 Å². The molecule has 1 aliphatic carbocycles. The number of halogens is 3. The SMILES string of the molecule is CCCCOc1ccc(-c2ccc(CCc3ccc(C4CCC(OCCCC)CC4)c(F)c3F)cc2)c(F)c1. The summed E-state index contributed by atoms with van der Waals surface area (Å²) < 4.78 is 56.3. The van der Waals surface area contributed by atoms with Gasteiger partial charge in [-0.25, -0.2) is 13.2 Å². The van der Waals surface area contributed by atoms with Crippen LogP contribution in [0.5, 0.6) is 5.75 Å². The lowest BCUT2D eigenvalue weighted by Gasteiger charge is -2.29. The molecule has 0 amide bonds. The van der Waals surface area contributed by atoms with Crippen LogP contribution in [0.25, 0.3) is 11.1 Å². The normalized spacial score (nSPS) is 17.4. The van der Waals surface area contributed by atoms with Gasteiger partial charge >= 0.3 is 0 Å². The minimum atomic E-state index is -0.728. The molecule has 1 fully saturated rings. The highest BCUT2D eigenvalue weighted by Crippen LogP contribution is 2.36. The molecule has 0 atom stereocenters. The molecule has 0 heterocycles. The van der Waals surface area contributed by atoms with Crippen molar-refractivity contribution in [2.24, 2.45) is 0 Å². The van der Waals surface area contributed by atoms with Crippen LogP contribution in [0.3, 0.4) is 0 Å². The fourth-order valence-electron chi connectivity index (χ4n) is 5.33. The molecule has 210 valence electrons. The maximum atomic E-state index is 15.1. The lowest BCUT2D eigenvalue weighted by Crippen LogP contribution is -2.22. The fraction of sp³-hybridized carbons (Fsp3) is 0.471. The molecule has 0 radical (unpaired) electrons. The van der Waals surface area contributed by atoms with Crippen molar-refractivity contribution in [2.45, 2.75) is 90.1 Å². The number of unbranched alkanes of at least 4 members (excludes halogenated alkanes) is 2. The van der Waals surface area contributed by atoms with Crippen LogP contribution in [0.1, 0.15) is 87.8 Å². The van der Waals surface area contributed by atoms with E-state index in [1.165, 1.54) is 6.07 Å². The third-order valence-corrected chi connectivity index (χ3v) is 7.81. The minimum Gasteiger partial charge on any atom is -0.493 e. The highest BCUT2D eigenvalue weighted by molar-refractivity contribution is 5.65. The van der Waals surface area contributed by atoms with Gasteiger partial charge in [-0.15, -0.1) is 0 Å². The van der Waals surface area contributed by atoms with Crippen LogP contribution < -0.4 is 4.74 Å². The van der Waals surface area contributed by atoms with Crippen LogP contribution in [0, 0.1) is 17.5 Å². The van der Waals surface area contributed by atoms with Gasteiger partial charge in [-0.05, 0) is 91.7 Å². The van der Waals surface area contributed by atoms with E-state index in [0.29, 0.717) is 41.9 Å². The van der Waals surface area contributed by atoms with E-state index < -0.39 is 11.6 Å². The average molecular weight is 539 g/mol. The Morgan fingerprint density at radius 3 is 2.15 bits per heavy atom. The predicted octanol–water partition coefficient (Wildman–Crippen LogP) is 9.58. The molecule has 0 saturated heterocycles. The van der Waals surface area contributed by atoms with Crippen LogP contribution >= 0.6 is 0 Å². The smallest absolute Gasteiger partial charge is 0.162 e. The maximum absolute atomic E-state index is 15.1. The molecule has 3 aromatic rings. The second-order valence-corrected chi connectivity index (χ2v) is 10.7. The Labute approximate surface area is 231 Å². The maximum Gasteiger partial charge on any atom is 0.162 e. The highest BCUT2D eigenvalue weighted by atomic mass is 19.2. The van der Waals surface area contributed by atoms with Crippen molar-refractivity contribution in [1.82, 2.24) is 0 Å². The molecule has 0 unspecified atom stereocenters. The van der Waals surface area contributed by atoms with Crippen molar-refractivity contribution in [3.8, 4) is 16.9 Å². The number of hydrogen-bond donors (Lipinski definition) is 0. The van der Waals surface area contributed by atoms with E-state index in [0.717, 1.165) is 69.1 Å². The van der Waals surface area contributed by atoms with E-state index in [1.54, 1.807) is 24.3 Å². The summed E-state index contributed by atoms with van der Waals surface area (Å²) in [6.45, 7) is 5.59. The summed E-state index contributed by atoms with van der Waals surface area (Å²) in [5.41, 5.74) is 3.15. The Balaban J connectivity index is 1.32. The predicted molar refractivity (Wildman–Crippen MR) is 152 cm³/mol. The van der Waals surface area contributed by atoms with E-state index in [-0.39, 0.29) is 17.8 Å². The van der Waals surface area contributed by atoms with Crippen molar-refractivity contribution in [3.63, 3.8) is 0 Å². The van der Waals surface area contributed by atoms with E-state index in [9.17, 15) is 4.39 Å². The van der Waals surface area contributed by atoms with Gasteiger partial charge < -0.3 is 9.47 Å². The summed E-state index contributed by atoms with van der Waals surface area (Å²) in [6, 6.07) is 16.0. The first-order valence-corrected chi connectivity index (χ1v) is 14.6. The summed E-state index contributed by atoms with van der Waals surface area (Å²) in [5, 5.41) is 0. The second kappa shape index (κ2) is 14.6. The van der Waals surface area contributed by atoms with Crippen LogP contribution in [0.15, 0.2) is 54.6 Å². The van der Waals surface area contributed by atoms with Crippen molar-refractivity contribution in [2.75, 3.05) is 13.2 Å². The third kappa shape index (κ3) is 7.88. The van der Waals surface area contributed by atoms with Crippen molar-refractivity contribution < 1.29 is 22.6 Å². The van der Waals surface area contributed by atoms with Gasteiger partial charge in [0.2, 0.25) is 0 Å². The topological polar surface area (TPSA) is 18.5 Å². The highest BCUT2D eigenvalue weighted by Gasteiger charge is 2.26. The molecular formula is C34H41F3O2. The molecule has 3 aromatic carbocycles. The average Bonchev–Trinajstić information content (AvgIpc) is 2.95. The standard InChI is InChI=1S/C34H41F3O2/c1-3-5-21-38-28-16-13-26(14-17-28)31-19-15-27(33(36)34(31)37)12-9-24-7-10-25(11-8-24)30-20-18-29(23-32(30)35)39-22-6-4-2/h7-8,10-11,15,18-20,23,26,28H,3-6,9,12-14,16-17,21-22H2,1-2H3.